The maximum Gasteiger partial charge on any atom is 1.00 e. The molecule has 19 heavy (non-hydrogen) atoms. The minimum Gasteiger partial charge on any atom is -1.00 e. The summed E-state index contributed by atoms with van der Waals surface area (Å²) in [5.74, 6) is -1.63. The Labute approximate surface area is 134 Å². The number of benzene rings is 1. The van der Waals surface area contributed by atoms with Gasteiger partial charge in [0.2, 0.25) is 0 Å². The Bertz CT molecular complexity index is 476. The number of nitrogens with one attached hydrogen (secondary N) is 1. The van der Waals surface area contributed by atoms with E-state index in [1.165, 1.54) is 18.2 Å². The van der Waals surface area contributed by atoms with Crippen LogP contribution in [0, 0.1) is 0 Å². The van der Waals surface area contributed by atoms with Gasteiger partial charge < -0.3 is 11.8 Å². The Morgan fingerprint density at radius 1 is 1.53 bits per heavy atom. The first-order valence-electron chi connectivity index (χ1n) is 5.30. The fourth-order valence-electron chi connectivity index (χ4n) is 1.34. The van der Waals surface area contributed by atoms with E-state index < -0.39 is 11.9 Å². The number of carbonyl (C=O) groups excluding carboxylic acids is 1. The van der Waals surface area contributed by atoms with Gasteiger partial charge in [0.15, 0.2) is 0 Å². The Kier molecular flexibility index (Phi) is 8.27. The molecule has 0 aromatic heterocycles. The summed E-state index contributed by atoms with van der Waals surface area (Å²) < 4.78 is 0. The van der Waals surface area contributed by atoms with E-state index in [1.807, 2.05) is 13.2 Å². The molecule has 0 heterocycles. The largest absolute Gasteiger partial charge is 1.00 e. The van der Waals surface area contributed by atoms with Crippen LogP contribution in [0.5, 0.6) is 0 Å². The van der Waals surface area contributed by atoms with E-state index >= 15 is 0 Å². The summed E-state index contributed by atoms with van der Waals surface area (Å²) in [4.78, 5) is 23.0. The van der Waals surface area contributed by atoms with Crippen LogP contribution >= 0.6 is 23.4 Å². The first-order valence-corrected chi connectivity index (χ1v) is 6.96. The van der Waals surface area contributed by atoms with Gasteiger partial charge in [-0.15, -0.1) is 0 Å². The number of thioether (sulfide) groups is 1. The standard InChI is InChI=1S/C12H14ClNO3S.Li.H/c1-7(18-2)6-14-11(15)10-8(12(16)17)4-3-5-9(10)13;;/h3-5,7H,6H2,1-2H3,(H,14,15)(H,16,17);;/q;+1;-1. The summed E-state index contributed by atoms with van der Waals surface area (Å²) in [6.07, 6.45) is 1.94. The third-order valence-electron chi connectivity index (χ3n) is 2.42. The van der Waals surface area contributed by atoms with Crippen LogP contribution in [0.1, 0.15) is 29.1 Å². The van der Waals surface area contributed by atoms with E-state index in [0.717, 1.165) is 0 Å². The molecule has 7 heteroatoms. The average molecular weight is 296 g/mol. The molecule has 0 aliphatic carbocycles. The number of rotatable bonds is 5. The normalized spacial score (nSPS) is 11.3. The van der Waals surface area contributed by atoms with E-state index in [1.54, 1.807) is 11.8 Å². The van der Waals surface area contributed by atoms with Crippen LogP contribution < -0.4 is 24.2 Å². The van der Waals surface area contributed by atoms with Gasteiger partial charge in [-0.1, -0.05) is 24.6 Å². The van der Waals surface area contributed by atoms with Gasteiger partial charge in [-0.25, -0.2) is 4.79 Å². The second kappa shape index (κ2) is 8.54. The van der Waals surface area contributed by atoms with Crippen LogP contribution in [0.2, 0.25) is 5.02 Å². The van der Waals surface area contributed by atoms with Gasteiger partial charge in [0, 0.05) is 11.8 Å². The van der Waals surface area contributed by atoms with Crippen molar-refractivity contribution in [2.24, 2.45) is 0 Å². The Hall–Kier alpha value is -0.603. The molecule has 1 amide bonds. The number of hydrogen-bond donors (Lipinski definition) is 2. The zero-order valence-corrected chi connectivity index (χ0v) is 12.6. The maximum absolute atomic E-state index is 11.9. The van der Waals surface area contributed by atoms with Crippen molar-refractivity contribution < 1.29 is 35.0 Å². The van der Waals surface area contributed by atoms with Crippen LogP contribution in [-0.4, -0.2) is 35.0 Å². The van der Waals surface area contributed by atoms with E-state index in [4.69, 9.17) is 16.7 Å². The van der Waals surface area contributed by atoms with Crippen molar-refractivity contribution >= 4 is 35.2 Å². The molecule has 4 nitrogen and oxygen atoms in total. The van der Waals surface area contributed by atoms with E-state index in [9.17, 15) is 9.59 Å². The molecule has 0 bridgehead atoms. The molecular formula is C12H15ClLiNO3S. The number of carbonyl (C=O) groups is 2. The molecule has 0 spiro atoms. The molecule has 1 aromatic carbocycles. The molecule has 1 rings (SSSR count). The number of aromatic carboxylic acids is 1. The Morgan fingerprint density at radius 2 is 2.16 bits per heavy atom. The smallest absolute Gasteiger partial charge is 1.00 e. The van der Waals surface area contributed by atoms with Gasteiger partial charge >= 0.3 is 24.8 Å². The van der Waals surface area contributed by atoms with Crippen LogP contribution in [-0.2, 0) is 0 Å². The van der Waals surface area contributed by atoms with Gasteiger partial charge in [-0.2, -0.15) is 11.8 Å². The SMILES string of the molecule is CSC(C)CNC(=O)c1c(Cl)cccc1C(=O)O.[H-].[Li+]. The maximum atomic E-state index is 11.9. The average Bonchev–Trinajstić information content (AvgIpc) is 2.34. The second-order valence-corrected chi connectivity index (χ2v) is 5.41. The fraction of sp³-hybridized carbons (Fsp3) is 0.333. The van der Waals surface area contributed by atoms with Crippen LogP contribution in [0.15, 0.2) is 18.2 Å². The molecule has 1 atom stereocenters. The third-order valence-corrected chi connectivity index (χ3v) is 3.71. The fourth-order valence-corrected chi connectivity index (χ4v) is 1.85. The zero-order valence-electron chi connectivity index (χ0n) is 12.1. The van der Waals surface area contributed by atoms with Crippen molar-refractivity contribution in [2.45, 2.75) is 12.2 Å². The number of carboxylic acids is 1. The van der Waals surface area contributed by atoms with Gasteiger partial charge in [-0.05, 0) is 18.4 Å². The monoisotopic (exact) mass is 295 g/mol. The van der Waals surface area contributed by atoms with Gasteiger partial charge in [0.25, 0.3) is 5.91 Å². The summed E-state index contributed by atoms with van der Waals surface area (Å²) in [5, 5.41) is 12.1. The summed E-state index contributed by atoms with van der Waals surface area (Å²) in [6.45, 7) is 2.43. The topological polar surface area (TPSA) is 66.4 Å². The van der Waals surface area contributed by atoms with Crippen molar-refractivity contribution in [3.8, 4) is 0 Å². The van der Waals surface area contributed by atoms with Crippen LogP contribution in [0.25, 0.3) is 0 Å². The minimum absolute atomic E-state index is 0. The van der Waals surface area contributed by atoms with Crippen LogP contribution in [0.3, 0.4) is 0 Å². The van der Waals surface area contributed by atoms with Gasteiger partial charge in [0.05, 0.1) is 16.1 Å². The molecule has 0 saturated heterocycles. The first-order chi connectivity index (χ1) is 8.47. The van der Waals surface area contributed by atoms with Crippen molar-refractivity contribution in [3.05, 3.63) is 34.3 Å². The van der Waals surface area contributed by atoms with Gasteiger partial charge in [0.1, 0.15) is 0 Å². The van der Waals surface area contributed by atoms with E-state index in [0.29, 0.717) is 6.54 Å². The quantitative estimate of drug-likeness (QED) is 0.728. The molecule has 2 N–H and O–H groups in total. The molecule has 0 radical (unpaired) electrons. The molecule has 1 aromatic rings. The minimum atomic E-state index is -1.17. The first kappa shape index (κ1) is 18.4. The molecule has 0 saturated carbocycles. The number of carboxylic acid groups (broad SMARTS) is 1. The summed E-state index contributed by atoms with van der Waals surface area (Å²) in [5.41, 5.74) is -0.0724. The Morgan fingerprint density at radius 3 is 2.68 bits per heavy atom. The third kappa shape index (κ3) is 5.11. The molecular weight excluding hydrogens is 281 g/mol. The van der Waals surface area contributed by atoms with Crippen molar-refractivity contribution in [1.29, 1.82) is 0 Å². The van der Waals surface area contributed by atoms with E-state index in [-0.39, 0.29) is 41.7 Å². The number of amides is 1. The molecule has 0 fully saturated rings. The summed E-state index contributed by atoms with van der Waals surface area (Å²) >= 11 is 7.50. The summed E-state index contributed by atoms with van der Waals surface area (Å²) in [7, 11) is 0. The number of hydrogen-bond acceptors (Lipinski definition) is 3. The molecule has 1 unspecified atom stereocenters. The predicted octanol–water partition coefficient (Wildman–Crippen LogP) is -0.364. The predicted molar refractivity (Wildman–Crippen MR) is 74.8 cm³/mol. The molecule has 0 aliphatic rings. The van der Waals surface area contributed by atoms with E-state index in [2.05, 4.69) is 5.32 Å². The van der Waals surface area contributed by atoms with Crippen LogP contribution in [0.4, 0.5) is 0 Å². The Balaban J connectivity index is 0. The van der Waals surface area contributed by atoms with Crippen molar-refractivity contribution in [3.63, 3.8) is 0 Å². The number of halogens is 1. The van der Waals surface area contributed by atoms with Gasteiger partial charge in [-0.3, -0.25) is 4.79 Å². The second-order valence-electron chi connectivity index (χ2n) is 3.72. The van der Waals surface area contributed by atoms with Crippen molar-refractivity contribution in [1.82, 2.24) is 5.32 Å². The zero-order chi connectivity index (χ0) is 13.7. The van der Waals surface area contributed by atoms with Crippen molar-refractivity contribution in [2.75, 3.05) is 12.8 Å². The molecule has 100 valence electrons. The summed E-state index contributed by atoms with van der Waals surface area (Å²) in [6, 6.07) is 4.37. The molecule has 0 aliphatic heterocycles.